The van der Waals surface area contributed by atoms with Crippen LogP contribution in [0.15, 0.2) is 33.2 Å². The average molecular weight is 584 g/mol. The molecule has 178 valence electrons. The summed E-state index contributed by atoms with van der Waals surface area (Å²) in [4.78, 5) is 13.1. The van der Waals surface area contributed by atoms with Gasteiger partial charge in [-0.25, -0.2) is 4.79 Å². The van der Waals surface area contributed by atoms with Gasteiger partial charge in [-0.3, -0.25) is 0 Å². The minimum absolute atomic E-state index is 0.0341. The van der Waals surface area contributed by atoms with E-state index >= 15 is 0 Å². The van der Waals surface area contributed by atoms with Crippen molar-refractivity contribution in [1.29, 1.82) is 0 Å². The molecule has 0 saturated heterocycles. The first kappa shape index (κ1) is 25.6. The van der Waals surface area contributed by atoms with Crippen molar-refractivity contribution in [3.63, 3.8) is 0 Å². The SMILES string of the molecule is C=C(C)COc1c(Br)c(C)c(Br)c2c1Oc1ccc([C@@H](O)CC(C)C)c(OC)c1C(=O)OC2. The Morgan fingerprint density at radius 1 is 1.24 bits per heavy atom. The average Bonchev–Trinajstić information content (AvgIpc) is 2.74. The number of hydrogen-bond donors (Lipinski definition) is 1. The largest absolute Gasteiger partial charge is 0.495 e. The number of hydrogen-bond acceptors (Lipinski definition) is 6. The summed E-state index contributed by atoms with van der Waals surface area (Å²) in [6, 6.07) is 3.36. The van der Waals surface area contributed by atoms with Gasteiger partial charge in [-0.2, -0.15) is 0 Å². The number of rotatable bonds is 7. The molecule has 3 rings (SSSR count). The summed E-state index contributed by atoms with van der Waals surface area (Å²) in [6.45, 7) is 12.0. The Labute approximate surface area is 211 Å². The molecule has 0 radical (unpaired) electrons. The zero-order valence-corrected chi connectivity index (χ0v) is 22.6. The standard InChI is InChI=1S/C25H28Br2O6/c1-12(2)9-17(28)15-7-8-18-19(22(15)30-6)25(29)32-11-16-20(26)14(5)21(27)24(23(16)33-18)31-10-13(3)4/h7-8,12,17,28H,3,9-11H2,1-2,4-6H3/t17-/m0/s1. The van der Waals surface area contributed by atoms with Crippen LogP contribution in [0.25, 0.3) is 0 Å². The Morgan fingerprint density at radius 2 is 1.94 bits per heavy atom. The predicted molar refractivity (Wildman–Crippen MR) is 133 cm³/mol. The van der Waals surface area contributed by atoms with Crippen LogP contribution < -0.4 is 14.2 Å². The molecule has 6 nitrogen and oxygen atoms in total. The van der Waals surface area contributed by atoms with Crippen molar-refractivity contribution in [2.75, 3.05) is 13.7 Å². The minimum Gasteiger partial charge on any atom is -0.495 e. The summed E-state index contributed by atoms with van der Waals surface area (Å²) >= 11 is 7.21. The number of methoxy groups -OCH3 is 1. The van der Waals surface area contributed by atoms with Gasteiger partial charge < -0.3 is 24.1 Å². The van der Waals surface area contributed by atoms with Gasteiger partial charge in [0.1, 0.15) is 30.3 Å². The Kier molecular flexibility index (Phi) is 8.13. The number of fused-ring (bicyclic) bond motifs is 2. The Hall–Kier alpha value is -2.03. The quantitative estimate of drug-likeness (QED) is 0.279. The van der Waals surface area contributed by atoms with E-state index < -0.39 is 12.1 Å². The van der Waals surface area contributed by atoms with Gasteiger partial charge in [0.2, 0.25) is 0 Å². The molecular weight excluding hydrogens is 556 g/mol. The lowest BCUT2D eigenvalue weighted by molar-refractivity contribution is 0.0452. The Balaban J connectivity index is 2.20. The van der Waals surface area contributed by atoms with Crippen molar-refractivity contribution in [2.45, 2.75) is 46.8 Å². The first-order valence-electron chi connectivity index (χ1n) is 10.6. The van der Waals surface area contributed by atoms with Crippen LogP contribution in [-0.4, -0.2) is 24.8 Å². The molecule has 0 aromatic heterocycles. The van der Waals surface area contributed by atoms with Crippen LogP contribution >= 0.6 is 31.9 Å². The molecule has 0 aliphatic carbocycles. The van der Waals surface area contributed by atoms with Crippen molar-refractivity contribution in [3.8, 4) is 23.0 Å². The number of carbonyl (C=O) groups is 1. The highest BCUT2D eigenvalue weighted by molar-refractivity contribution is 9.11. The maximum absolute atomic E-state index is 13.1. The van der Waals surface area contributed by atoms with Crippen molar-refractivity contribution in [1.82, 2.24) is 0 Å². The van der Waals surface area contributed by atoms with Crippen molar-refractivity contribution in [3.05, 3.63) is 55.5 Å². The number of carbonyl (C=O) groups excluding carboxylic acids is 1. The van der Waals surface area contributed by atoms with Crippen molar-refractivity contribution >= 4 is 37.8 Å². The van der Waals surface area contributed by atoms with Crippen LogP contribution in [-0.2, 0) is 11.3 Å². The molecule has 2 aromatic rings. The van der Waals surface area contributed by atoms with Gasteiger partial charge in [-0.15, -0.1) is 0 Å². The van der Waals surface area contributed by atoms with E-state index in [1.807, 2.05) is 27.7 Å². The topological polar surface area (TPSA) is 74.2 Å². The Bertz CT molecular complexity index is 1090. The molecule has 1 atom stereocenters. The summed E-state index contributed by atoms with van der Waals surface area (Å²) in [5.41, 5.74) is 3.02. The normalized spacial score (nSPS) is 13.8. The van der Waals surface area contributed by atoms with Crippen molar-refractivity contribution in [2.24, 2.45) is 5.92 Å². The first-order valence-corrected chi connectivity index (χ1v) is 12.2. The fourth-order valence-electron chi connectivity index (χ4n) is 3.63. The molecule has 0 fully saturated rings. The maximum atomic E-state index is 13.1. The van der Waals surface area contributed by atoms with Crippen LogP contribution in [0.4, 0.5) is 0 Å². The van der Waals surface area contributed by atoms with E-state index in [1.165, 1.54) is 7.11 Å². The molecule has 0 bridgehead atoms. The number of benzene rings is 2. The molecule has 33 heavy (non-hydrogen) atoms. The third kappa shape index (κ3) is 5.23. The molecular formula is C25H28Br2O6. The van der Waals surface area contributed by atoms with Gasteiger partial charge in [0.15, 0.2) is 11.5 Å². The van der Waals surface area contributed by atoms with E-state index in [0.717, 1.165) is 20.1 Å². The molecule has 0 unspecified atom stereocenters. The highest BCUT2D eigenvalue weighted by atomic mass is 79.9. The van der Waals surface area contributed by atoms with Crippen LogP contribution in [0.5, 0.6) is 23.0 Å². The summed E-state index contributed by atoms with van der Waals surface area (Å²) in [5.74, 6) is 1.06. The number of halogens is 2. The van der Waals surface area contributed by atoms with E-state index in [2.05, 4.69) is 38.4 Å². The molecule has 1 aliphatic heterocycles. The molecule has 0 amide bonds. The van der Waals surface area contributed by atoms with E-state index in [0.29, 0.717) is 35.7 Å². The highest BCUT2D eigenvalue weighted by Crippen LogP contribution is 2.50. The van der Waals surface area contributed by atoms with Gasteiger partial charge in [-0.05, 0) is 81.3 Å². The maximum Gasteiger partial charge on any atom is 0.346 e. The lowest BCUT2D eigenvalue weighted by atomic mass is 9.96. The van der Waals surface area contributed by atoms with Gasteiger partial charge >= 0.3 is 5.97 Å². The number of ether oxygens (including phenoxy) is 4. The van der Waals surface area contributed by atoms with E-state index in [4.69, 9.17) is 18.9 Å². The lowest BCUT2D eigenvalue weighted by Gasteiger charge is -2.26. The fourth-order valence-corrected chi connectivity index (χ4v) is 4.88. The van der Waals surface area contributed by atoms with Gasteiger partial charge in [0.05, 0.1) is 23.2 Å². The number of esters is 1. The van der Waals surface area contributed by atoms with Gasteiger partial charge in [0.25, 0.3) is 0 Å². The highest BCUT2D eigenvalue weighted by Gasteiger charge is 2.32. The molecule has 8 heteroatoms. The fraction of sp³-hybridized carbons (Fsp3) is 0.400. The number of aliphatic hydroxyl groups excluding tert-OH is 1. The Morgan fingerprint density at radius 3 is 2.55 bits per heavy atom. The van der Waals surface area contributed by atoms with Gasteiger partial charge in [-0.1, -0.05) is 20.4 Å². The van der Waals surface area contributed by atoms with Crippen molar-refractivity contribution < 1.29 is 28.8 Å². The van der Waals surface area contributed by atoms with Crippen LogP contribution in [0.1, 0.15) is 60.3 Å². The zero-order chi connectivity index (χ0) is 24.4. The minimum atomic E-state index is -0.795. The second-order valence-electron chi connectivity index (χ2n) is 8.52. The second-order valence-corrected chi connectivity index (χ2v) is 10.1. The van der Waals surface area contributed by atoms with E-state index in [1.54, 1.807) is 12.1 Å². The number of cyclic esters (lactones) is 1. The van der Waals surface area contributed by atoms with Crippen LogP contribution in [0, 0.1) is 12.8 Å². The second kappa shape index (κ2) is 10.5. The van der Waals surface area contributed by atoms with Crippen LogP contribution in [0.3, 0.4) is 0 Å². The lowest BCUT2D eigenvalue weighted by Crippen LogP contribution is -2.16. The summed E-state index contributed by atoms with van der Waals surface area (Å²) < 4.78 is 25.0. The molecule has 1 heterocycles. The molecule has 1 aliphatic rings. The third-order valence-corrected chi connectivity index (χ3v) is 7.27. The van der Waals surface area contributed by atoms with Crippen LogP contribution in [0.2, 0.25) is 0 Å². The smallest absolute Gasteiger partial charge is 0.346 e. The van der Waals surface area contributed by atoms with Gasteiger partial charge in [0, 0.05) is 10.0 Å². The van der Waals surface area contributed by atoms with E-state index in [-0.39, 0.29) is 29.6 Å². The summed E-state index contributed by atoms with van der Waals surface area (Å²) in [5, 5.41) is 10.7. The monoisotopic (exact) mass is 582 g/mol. The first-order chi connectivity index (χ1) is 15.6. The number of aliphatic hydroxyl groups is 1. The summed E-state index contributed by atoms with van der Waals surface area (Å²) in [6.07, 6.45) is -0.275. The predicted octanol–water partition coefficient (Wildman–Crippen LogP) is 7.03. The molecule has 1 N–H and O–H groups in total. The summed E-state index contributed by atoms with van der Waals surface area (Å²) in [7, 11) is 1.46. The molecule has 2 aromatic carbocycles. The molecule has 0 saturated carbocycles. The third-order valence-electron chi connectivity index (χ3n) is 5.24. The zero-order valence-electron chi connectivity index (χ0n) is 19.4. The molecule has 0 spiro atoms. The van der Waals surface area contributed by atoms with E-state index in [9.17, 15) is 9.90 Å².